The van der Waals surface area contributed by atoms with Crippen LogP contribution in [0.25, 0.3) is 0 Å². The molecule has 2 nitrogen and oxygen atoms in total. The van der Waals surface area contributed by atoms with Crippen molar-refractivity contribution < 1.29 is 10.2 Å². The van der Waals surface area contributed by atoms with E-state index < -0.39 is 0 Å². The molecule has 3 aliphatic carbocycles. The Hall–Kier alpha value is -1.28. The summed E-state index contributed by atoms with van der Waals surface area (Å²) in [4.78, 5) is 0. The van der Waals surface area contributed by atoms with Crippen LogP contribution in [-0.2, 0) is 6.42 Å². The minimum Gasteiger partial charge on any atom is -0.508 e. The first kappa shape index (κ1) is 14.3. The number of allylic oxidation sites excluding steroid dienone is 2. The number of phenols is 1. The highest BCUT2D eigenvalue weighted by Gasteiger charge is 2.54. The van der Waals surface area contributed by atoms with E-state index in [-0.39, 0.29) is 6.10 Å². The summed E-state index contributed by atoms with van der Waals surface area (Å²) in [6, 6.07) is 5.77. The van der Waals surface area contributed by atoms with Gasteiger partial charge in [0.15, 0.2) is 0 Å². The van der Waals surface area contributed by atoms with Crippen molar-refractivity contribution in [3.63, 3.8) is 0 Å². The summed E-state index contributed by atoms with van der Waals surface area (Å²) in [5, 5.41) is 20.6. The fourth-order valence-electron chi connectivity index (χ4n) is 5.91. The van der Waals surface area contributed by atoms with Gasteiger partial charge in [-0.05, 0) is 85.5 Å². The minimum absolute atomic E-state index is 0.264. The highest BCUT2D eigenvalue weighted by Crippen LogP contribution is 2.62. The van der Waals surface area contributed by atoms with E-state index in [9.17, 15) is 10.2 Å². The van der Waals surface area contributed by atoms with E-state index in [2.05, 4.69) is 26.0 Å². The molecule has 0 aromatic heterocycles. The number of phenolic OH excluding ortho intramolecular Hbond substituents is 1. The zero-order valence-corrected chi connectivity index (χ0v) is 13.5. The van der Waals surface area contributed by atoms with Crippen LogP contribution in [0.3, 0.4) is 0 Å². The lowest BCUT2D eigenvalue weighted by Gasteiger charge is -2.51. The van der Waals surface area contributed by atoms with Crippen LogP contribution in [0, 0.1) is 17.3 Å². The number of fused-ring (bicyclic) bond motifs is 5. The summed E-state index contributed by atoms with van der Waals surface area (Å²) in [7, 11) is 0. The number of benzene rings is 1. The van der Waals surface area contributed by atoms with Gasteiger partial charge in [0.2, 0.25) is 0 Å². The molecule has 22 heavy (non-hydrogen) atoms. The molecule has 1 aromatic carbocycles. The quantitative estimate of drug-likeness (QED) is 0.706. The molecular formula is C20H26O2. The summed E-state index contributed by atoms with van der Waals surface area (Å²) in [5.41, 5.74) is 4.44. The molecule has 0 radical (unpaired) electrons. The van der Waals surface area contributed by atoms with Crippen molar-refractivity contribution in [2.24, 2.45) is 17.3 Å². The van der Waals surface area contributed by atoms with E-state index in [4.69, 9.17) is 0 Å². The second kappa shape index (κ2) is 4.86. The summed E-state index contributed by atoms with van der Waals surface area (Å²) in [5.74, 6) is 1.78. The molecule has 5 atom stereocenters. The third-order valence-corrected chi connectivity index (χ3v) is 6.93. The normalized spacial score (nSPS) is 41.9. The smallest absolute Gasteiger partial charge is 0.115 e. The van der Waals surface area contributed by atoms with Crippen LogP contribution < -0.4 is 0 Å². The first-order valence-corrected chi connectivity index (χ1v) is 8.70. The summed E-state index contributed by atoms with van der Waals surface area (Å²) < 4.78 is 0. The van der Waals surface area contributed by atoms with Crippen molar-refractivity contribution in [3.05, 3.63) is 41.0 Å². The van der Waals surface area contributed by atoms with Gasteiger partial charge in [0.25, 0.3) is 0 Å². The Bertz CT molecular complexity index is 633. The Balaban J connectivity index is 1.76. The predicted octanol–water partition coefficient (Wildman–Crippen LogP) is 4.17. The summed E-state index contributed by atoms with van der Waals surface area (Å²) in [6.45, 7) is 4.60. The average molecular weight is 298 g/mol. The van der Waals surface area contributed by atoms with Crippen molar-refractivity contribution in [1.29, 1.82) is 0 Å². The minimum atomic E-state index is -0.264. The summed E-state index contributed by atoms with van der Waals surface area (Å²) in [6.07, 6.45) is 7.57. The van der Waals surface area contributed by atoms with Gasteiger partial charge in [0, 0.05) is 0 Å². The molecule has 0 aliphatic heterocycles. The highest BCUT2D eigenvalue weighted by atomic mass is 16.3. The number of aliphatic hydroxyl groups excluding tert-OH is 1. The van der Waals surface area contributed by atoms with Crippen molar-refractivity contribution in [2.45, 2.75) is 58.0 Å². The number of rotatable bonds is 0. The number of hydrogen-bond donors (Lipinski definition) is 2. The average Bonchev–Trinajstić information content (AvgIpc) is 2.83. The SMILES string of the molecule is C/C=C1/CC[C@H]2[C@@H]3[C@H](O)Cc4cc(O)ccc4[C@H]3CC[C@]12C. The Morgan fingerprint density at radius 1 is 1.27 bits per heavy atom. The first-order valence-electron chi connectivity index (χ1n) is 8.70. The molecule has 2 fully saturated rings. The van der Waals surface area contributed by atoms with E-state index in [0.29, 0.717) is 35.3 Å². The zero-order chi connectivity index (χ0) is 15.5. The second-order valence-corrected chi connectivity index (χ2v) is 7.75. The number of aromatic hydroxyl groups is 1. The highest BCUT2D eigenvalue weighted by molar-refractivity contribution is 5.41. The molecule has 0 spiro atoms. The Labute approximate surface area is 132 Å². The lowest BCUT2D eigenvalue weighted by Crippen LogP contribution is -2.46. The monoisotopic (exact) mass is 298 g/mol. The molecule has 2 heteroatoms. The number of aliphatic hydroxyl groups is 1. The molecule has 3 aliphatic rings. The van der Waals surface area contributed by atoms with Crippen molar-refractivity contribution in [3.8, 4) is 5.75 Å². The van der Waals surface area contributed by atoms with E-state index >= 15 is 0 Å². The first-order chi connectivity index (χ1) is 10.5. The van der Waals surface area contributed by atoms with E-state index in [1.54, 1.807) is 5.57 Å². The fourth-order valence-corrected chi connectivity index (χ4v) is 5.91. The van der Waals surface area contributed by atoms with Crippen LogP contribution in [0.15, 0.2) is 29.8 Å². The molecule has 2 N–H and O–H groups in total. The molecule has 118 valence electrons. The van der Waals surface area contributed by atoms with Crippen LogP contribution in [0.1, 0.15) is 56.6 Å². The summed E-state index contributed by atoms with van der Waals surface area (Å²) >= 11 is 0. The van der Waals surface area contributed by atoms with Crippen LogP contribution in [0.4, 0.5) is 0 Å². The van der Waals surface area contributed by atoms with E-state index in [0.717, 1.165) is 12.0 Å². The third kappa shape index (κ3) is 1.83. The topological polar surface area (TPSA) is 40.5 Å². The molecular weight excluding hydrogens is 272 g/mol. The lowest BCUT2D eigenvalue weighted by atomic mass is 9.54. The van der Waals surface area contributed by atoms with Crippen LogP contribution in [0.2, 0.25) is 0 Å². The van der Waals surface area contributed by atoms with Crippen LogP contribution in [0.5, 0.6) is 5.75 Å². The predicted molar refractivity (Wildman–Crippen MR) is 87.9 cm³/mol. The van der Waals surface area contributed by atoms with E-state index in [1.807, 2.05) is 12.1 Å². The Morgan fingerprint density at radius 3 is 2.86 bits per heavy atom. The van der Waals surface area contributed by atoms with Crippen molar-refractivity contribution in [1.82, 2.24) is 0 Å². The molecule has 0 amide bonds. The maximum atomic E-state index is 10.9. The molecule has 0 bridgehead atoms. The van der Waals surface area contributed by atoms with Crippen LogP contribution in [-0.4, -0.2) is 16.3 Å². The largest absolute Gasteiger partial charge is 0.508 e. The van der Waals surface area contributed by atoms with Gasteiger partial charge in [-0.1, -0.05) is 24.6 Å². The van der Waals surface area contributed by atoms with Gasteiger partial charge in [0.05, 0.1) is 6.10 Å². The second-order valence-electron chi connectivity index (χ2n) is 7.75. The number of hydrogen-bond acceptors (Lipinski definition) is 2. The van der Waals surface area contributed by atoms with E-state index in [1.165, 1.54) is 24.8 Å². The fraction of sp³-hybridized carbons (Fsp3) is 0.600. The van der Waals surface area contributed by atoms with Gasteiger partial charge >= 0.3 is 0 Å². The van der Waals surface area contributed by atoms with Gasteiger partial charge in [0.1, 0.15) is 5.75 Å². The molecule has 0 saturated heterocycles. The van der Waals surface area contributed by atoms with Gasteiger partial charge in [-0.25, -0.2) is 0 Å². The third-order valence-electron chi connectivity index (χ3n) is 6.93. The maximum absolute atomic E-state index is 10.9. The molecule has 0 heterocycles. The maximum Gasteiger partial charge on any atom is 0.115 e. The van der Waals surface area contributed by atoms with Crippen LogP contribution >= 0.6 is 0 Å². The van der Waals surface area contributed by atoms with Gasteiger partial charge in [-0.15, -0.1) is 0 Å². The molecule has 2 saturated carbocycles. The van der Waals surface area contributed by atoms with Gasteiger partial charge in [-0.2, -0.15) is 0 Å². The lowest BCUT2D eigenvalue weighted by molar-refractivity contribution is -0.0155. The standard InChI is InChI=1S/C20H26O2/c1-3-13-4-7-17-19-16(8-9-20(13,17)2)15-6-5-14(21)10-12(15)11-18(19)22/h3,5-6,10,16-19,21-22H,4,7-9,11H2,1-2H3/b13-3-/t16-,17+,18-,19-,20-/m1/s1. The zero-order valence-electron chi connectivity index (χ0n) is 13.5. The Kier molecular flexibility index (Phi) is 3.16. The molecule has 0 unspecified atom stereocenters. The molecule has 1 aromatic rings. The van der Waals surface area contributed by atoms with Crippen molar-refractivity contribution >= 4 is 0 Å². The Morgan fingerprint density at radius 2 is 2.09 bits per heavy atom. The van der Waals surface area contributed by atoms with Gasteiger partial charge < -0.3 is 10.2 Å². The van der Waals surface area contributed by atoms with Crippen molar-refractivity contribution in [2.75, 3.05) is 0 Å². The van der Waals surface area contributed by atoms with Gasteiger partial charge in [-0.3, -0.25) is 0 Å². The molecule has 4 rings (SSSR count).